The fourth-order valence-electron chi connectivity index (χ4n) is 4.49. The van der Waals surface area contributed by atoms with Crippen LogP contribution in [0.4, 0.5) is 18.9 Å². The quantitative estimate of drug-likeness (QED) is 0.598. The van der Waals surface area contributed by atoms with Crippen molar-refractivity contribution in [1.29, 1.82) is 0 Å². The zero-order chi connectivity index (χ0) is 25.8. The number of carbonyl (C=O) groups is 1. The number of hydrogen-bond donors (Lipinski definition) is 2. The molecule has 1 aliphatic carbocycles. The second kappa shape index (κ2) is 10.9. The van der Waals surface area contributed by atoms with E-state index < -0.39 is 23.2 Å². The van der Waals surface area contributed by atoms with E-state index in [1.807, 2.05) is 37.1 Å². The third kappa shape index (κ3) is 6.81. The number of halogens is 3. The summed E-state index contributed by atoms with van der Waals surface area (Å²) >= 11 is 0. The second-order valence-electron chi connectivity index (χ2n) is 9.76. The Hall–Kier alpha value is -3.01. The van der Waals surface area contributed by atoms with Crippen molar-refractivity contribution in [1.82, 2.24) is 20.1 Å². The van der Waals surface area contributed by atoms with Gasteiger partial charge in [-0.3, -0.25) is 14.7 Å². The Morgan fingerprint density at radius 1 is 1.17 bits per heavy atom. The van der Waals surface area contributed by atoms with E-state index in [-0.39, 0.29) is 17.8 Å². The number of anilines is 1. The molecule has 0 saturated carbocycles. The van der Waals surface area contributed by atoms with Gasteiger partial charge in [-0.25, -0.2) is 0 Å². The number of allylic oxidation sites excluding steroid dienone is 2. The van der Waals surface area contributed by atoms with Crippen molar-refractivity contribution in [3.8, 4) is 0 Å². The molecule has 0 bridgehead atoms. The molecule has 2 N–H and O–H groups in total. The van der Waals surface area contributed by atoms with Gasteiger partial charge >= 0.3 is 6.18 Å². The lowest BCUT2D eigenvalue weighted by Gasteiger charge is -2.33. The third-order valence-corrected chi connectivity index (χ3v) is 6.69. The van der Waals surface area contributed by atoms with Crippen LogP contribution >= 0.6 is 0 Å². The number of benzene rings is 1. The molecule has 4 rings (SSSR count). The highest BCUT2D eigenvalue weighted by Crippen LogP contribution is 2.35. The molecule has 1 amide bonds. The predicted octanol–water partition coefficient (Wildman–Crippen LogP) is 4.22. The van der Waals surface area contributed by atoms with Crippen LogP contribution in [-0.2, 0) is 24.1 Å². The molecule has 1 unspecified atom stereocenters. The van der Waals surface area contributed by atoms with Crippen molar-refractivity contribution in [2.75, 3.05) is 38.5 Å². The topological polar surface area (TPSA) is 60.5 Å². The zero-order valence-corrected chi connectivity index (χ0v) is 20.6. The van der Waals surface area contributed by atoms with Crippen LogP contribution in [0, 0.1) is 0 Å². The van der Waals surface area contributed by atoms with Gasteiger partial charge in [-0.05, 0) is 49.7 Å². The third-order valence-electron chi connectivity index (χ3n) is 6.69. The van der Waals surface area contributed by atoms with Crippen molar-refractivity contribution in [2.45, 2.75) is 38.1 Å². The molecule has 2 aromatic rings. The molecule has 1 fully saturated rings. The fraction of sp³-hybridized carbons (Fsp3) is 0.407. The molecule has 36 heavy (non-hydrogen) atoms. The van der Waals surface area contributed by atoms with Crippen molar-refractivity contribution in [2.24, 2.45) is 0 Å². The first-order valence-electron chi connectivity index (χ1n) is 12.1. The van der Waals surface area contributed by atoms with Crippen LogP contribution in [0.15, 0.2) is 66.5 Å². The average molecular weight is 500 g/mol. The van der Waals surface area contributed by atoms with Crippen molar-refractivity contribution in [3.05, 3.63) is 83.2 Å². The number of carbonyl (C=O) groups excluding carboxylic acids is 1. The summed E-state index contributed by atoms with van der Waals surface area (Å²) in [6, 6.07) is 7.90. The standard InChI is InChI=1S/C27H32F3N5O/c1-26(32-18-20-5-4-10-31-17-20)9-3-6-21(16-26)25(36)33-23-8-7-22(24(15-23)27(28,29)30)19-35-13-11-34(2)12-14-35/h3-10,15,17,32H,11-14,16,18-19H2,1-2H3,(H,33,36). The average Bonchev–Trinajstić information content (AvgIpc) is 2.85. The number of amides is 1. The Morgan fingerprint density at radius 3 is 2.64 bits per heavy atom. The SMILES string of the molecule is CN1CCN(Cc2ccc(NC(=O)C3=CC=CC(C)(NCc4cccnc4)C3)cc2C(F)(F)F)CC1. The highest BCUT2D eigenvalue weighted by Gasteiger charge is 2.34. The van der Waals surface area contributed by atoms with Crippen molar-refractivity contribution in [3.63, 3.8) is 0 Å². The first kappa shape index (κ1) is 26.1. The maximum atomic E-state index is 13.9. The van der Waals surface area contributed by atoms with E-state index in [4.69, 9.17) is 0 Å². The van der Waals surface area contributed by atoms with Gasteiger partial charge in [-0.15, -0.1) is 0 Å². The predicted molar refractivity (Wildman–Crippen MR) is 134 cm³/mol. The molecule has 1 aliphatic heterocycles. The van der Waals surface area contributed by atoms with E-state index >= 15 is 0 Å². The smallest absolute Gasteiger partial charge is 0.322 e. The molecule has 1 atom stereocenters. The normalized spacial score (nSPS) is 21.3. The van der Waals surface area contributed by atoms with E-state index in [1.165, 1.54) is 6.07 Å². The summed E-state index contributed by atoms with van der Waals surface area (Å²) in [5.41, 5.74) is 0.685. The highest BCUT2D eigenvalue weighted by molar-refractivity contribution is 6.04. The van der Waals surface area contributed by atoms with Crippen LogP contribution < -0.4 is 10.6 Å². The van der Waals surface area contributed by atoms with Crippen molar-refractivity contribution < 1.29 is 18.0 Å². The lowest BCUT2D eigenvalue weighted by molar-refractivity contribution is -0.138. The van der Waals surface area contributed by atoms with Crippen molar-refractivity contribution >= 4 is 11.6 Å². The van der Waals surface area contributed by atoms with Gasteiger partial charge in [-0.1, -0.05) is 30.4 Å². The number of rotatable bonds is 7. The van der Waals surface area contributed by atoms with Gasteiger partial charge in [0.25, 0.3) is 5.91 Å². The van der Waals surface area contributed by atoms with Gasteiger partial charge in [0.2, 0.25) is 0 Å². The van der Waals surface area contributed by atoms with Crippen LogP contribution in [0.3, 0.4) is 0 Å². The summed E-state index contributed by atoms with van der Waals surface area (Å²) in [5.74, 6) is -0.409. The Balaban J connectivity index is 1.42. The Labute approximate surface area is 209 Å². The zero-order valence-electron chi connectivity index (χ0n) is 20.6. The minimum absolute atomic E-state index is 0.134. The first-order valence-corrected chi connectivity index (χ1v) is 12.1. The molecular weight excluding hydrogens is 467 g/mol. The maximum Gasteiger partial charge on any atom is 0.416 e. The number of alkyl halides is 3. The van der Waals surface area contributed by atoms with Gasteiger partial charge in [-0.2, -0.15) is 13.2 Å². The molecule has 2 aliphatic rings. The van der Waals surface area contributed by atoms with Gasteiger partial charge in [0, 0.05) is 68.5 Å². The molecule has 0 radical (unpaired) electrons. The second-order valence-corrected chi connectivity index (χ2v) is 9.76. The largest absolute Gasteiger partial charge is 0.416 e. The molecule has 6 nitrogen and oxygen atoms in total. The van der Waals surface area contributed by atoms with Gasteiger partial charge in [0.05, 0.1) is 5.56 Å². The van der Waals surface area contributed by atoms with Crippen LogP contribution in [-0.4, -0.2) is 59.5 Å². The number of hydrogen-bond acceptors (Lipinski definition) is 5. The summed E-state index contributed by atoms with van der Waals surface area (Å²) < 4.78 is 41.7. The van der Waals surface area contributed by atoms with E-state index in [0.717, 1.165) is 37.8 Å². The van der Waals surface area contributed by atoms with E-state index in [0.29, 0.717) is 18.5 Å². The fourth-order valence-corrected chi connectivity index (χ4v) is 4.49. The molecule has 1 aromatic heterocycles. The van der Waals surface area contributed by atoms with Gasteiger partial charge < -0.3 is 15.5 Å². The molecule has 192 valence electrons. The minimum Gasteiger partial charge on any atom is -0.322 e. The Kier molecular flexibility index (Phi) is 7.92. The van der Waals surface area contributed by atoms with Gasteiger partial charge in [0.1, 0.15) is 0 Å². The lowest BCUT2D eigenvalue weighted by atomic mass is 9.87. The van der Waals surface area contributed by atoms with Crippen LogP contribution in [0.2, 0.25) is 0 Å². The van der Waals surface area contributed by atoms with Crippen LogP contribution in [0.25, 0.3) is 0 Å². The van der Waals surface area contributed by atoms with E-state index in [2.05, 4.69) is 20.5 Å². The van der Waals surface area contributed by atoms with Gasteiger partial charge in [0.15, 0.2) is 0 Å². The number of likely N-dealkylation sites (N-methyl/N-ethyl adjacent to an activating group) is 1. The maximum absolute atomic E-state index is 13.9. The lowest BCUT2D eigenvalue weighted by Crippen LogP contribution is -2.44. The Morgan fingerprint density at radius 2 is 1.94 bits per heavy atom. The summed E-state index contributed by atoms with van der Waals surface area (Å²) in [7, 11) is 2.01. The first-order chi connectivity index (χ1) is 17.1. The number of piperazine rings is 1. The van der Waals surface area contributed by atoms with E-state index in [1.54, 1.807) is 30.6 Å². The summed E-state index contributed by atoms with van der Waals surface area (Å²) in [4.78, 5) is 21.3. The Bertz CT molecular complexity index is 1120. The molecule has 1 saturated heterocycles. The summed E-state index contributed by atoms with van der Waals surface area (Å²) in [5, 5.41) is 6.11. The van der Waals surface area contributed by atoms with Crippen LogP contribution in [0.1, 0.15) is 30.0 Å². The molecule has 1 aromatic carbocycles. The molecule has 9 heteroatoms. The summed E-state index contributed by atoms with van der Waals surface area (Å²) in [6.07, 6.45) is 4.87. The van der Waals surface area contributed by atoms with Crippen LogP contribution in [0.5, 0.6) is 0 Å². The number of nitrogens with one attached hydrogen (secondary N) is 2. The monoisotopic (exact) mass is 499 g/mol. The number of pyridine rings is 1. The molecule has 0 spiro atoms. The number of nitrogens with zero attached hydrogens (tertiary/aromatic N) is 3. The summed E-state index contributed by atoms with van der Waals surface area (Å²) in [6.45, 7) is 5.89. The molecular formula is C27H32F3N5O. The van der Waals surface area contributed by atoms with E-state index in [9.17, 15) is 18.0 Å². The minimum atomic E-state index is -4.51. The molecule has 2 heterocycles. The highest BCUT2D eigenvalue weighted by atomic mass is 19.4. The number of aromatic nitrogens is 1.